The quantitative estimate of drug-likeness (QED) is 0.758. The standard InChI is InChI=1S/C22H26N4O/c1-17-9-12-26-16-20(24-21(26)14-17)22(27)23-10-13-25-11-5-8-19(15-25)18-6-3-2-4-7-18/h2-4,6-7,9,12,14,16,19H,5,8,10-11,13,15H2,1H3,(H,23,27)/t19-/m1/s1. The number of hydrogen-bond acceptors (Lipinski definition) is 3. The van der Waals surface area contributed by atoms with Gasteiger partial charge >= 0.3 is 0 Å². The van der Waals surface area contributed by atoms with E-state index in [-0.39, 0.29) is 5.91 Å². The van der Waals surface area contributed by atoms with E-state index in [0.717, 1.165) is 30.8 Å². The molecule has 27 heavy (non-hydrogen) atoms. The average Bonchev–Trinajstić information content (AvgIpc) is 3.12. The Morgan fingerprint density at radius 2 is 2.11 bits per heavy atom. The summed E-state index contributed by atoms with van der Waals surface area (Å²) in [6, 6.07) is 14.7. The van der Waals surface area contributed by atoms with Crippen molar-refractivity contribution in [3.63, 3.8) is 0 Å². The Morgan fingerprint density at radius 3 is 2.96 bits per heavy atom. The number of nitrogens with zero attached hydrogens (tertiary/aromatic N) is 3. The summed E-state index contributed by atoms with van der Waals surface area (Å²) in [6.07, 6.45) is 6.18. The highest BCUT2D eigenvalue weighted by Gasteiger charge is 2.21. The Balaban J connectivity index is 1.30. The first-order chi connectivity index (χ1) is 13.2. The highest BCUT2D eigenvalue weighted by atomic mass is 16.1. The average molecular weight is 362 g/mol. The number of nitrogens with one attached hydrogen (secondary N) is 1. The van der Waals surface area contributed by atoms with Crippen LogP contribution in [0.25, 0.3) is 5.65 Å². The molecule has 1 aromatic carbocycles. The van der Waals surface area contributed by atoms with Crippen LogP contribution in [0.2, 0.25) is 0 Å². The van der Waals surface area contributed by atoms with Gasteiger partial charge in [-0.15, -0.1) is 0 Å². The Morgan fingerprint density at radius 1 is 1.26 bits per heavy atom. The Labute approximate surface area is 160 Å². The molecular formula is C22H26N4O. The summed E-state index contributed by atoms with van der Waals surface area (Å²) in [5.41, 5.74) is 3.84. The van der Waals surface area contributed by atoms with Gasteiger partial charge in [0.05, 0.1) is 0 Å². The van der Waals surface area contributed by atoms with Crippen LogP contribution in [0.3, 0.4) is 0 Å². The second-order valence-corrected chi connectivity index (χ2v) is 7.40. The number of carbonyl (C=O) groups excluding carboxylic acids is 1. The first kappa shape index (κ1) is 17.7. The maximum absolute atomic E-state index is 12.4. The molecule has 0 unspecified atom stereocenters. The van der Waals surface area contributed by atoms with E-state index in [9.17, 15) is 4.79 Å². The molecule has 0 aliphatic carbocycles. The van der Waals surface area contributed by atoms with Gasteiger partial charge in [-0.1, -0.05) is 30.3 Å². The van der Waals surface area contributed by atoms with Gasteiger partial charge < -0.3 is 14.6 Å². The number of amides is 1. The Hall–Kier alpha value is -2.66. The van der Waals surface area contributed by atoms with Crippen molar-refractivity contribution in [2.75, 3.05) is 26.2 Å². The highest BCUT2D eigenvalue weighted by molar-refractivity contribution is 5.92. The third-order valence-electron chi connectivity index (χ3n) is 5.34. The third-order valence-corrected chi connectivity index (χ3v) is 5.34. The number of aryl methyl sites for hydroxylation is 1. The number of piperidine rings is 1. The summed E-state index contributed by atoms with van der Waals surface area (Å²) in [5, 5.41) is 3.02. The maximum Gasteiger partial charge on any atom is 0.271 e. The molecule has 1 saturated heterocycles. The van der Waals surface area contributed by atoms with Gasteiger partial charge in [-0.2, -0.15) is 0 Å². The molecule has 4 rings (SSSR count). The molecule has 2 aromatic heterocycles. The van der Waals surface area contributed by atoms with Gasteiger partial charge in [0.25, 0.3) is 5.91 Å². The molecule has 0 saturated carbocycles. The van der Waals surface area contributed by atoms with Crippen molar-refractivity contribution in [3.05, 3.63) is 71.7 Å². The van der Waals surface area contributed by atoms with Crippen LogP contribution >= 0.6 is 0 Å². The topological polar surface area (TPSA) is 49.6 Å². The zero-order chi connectivity index (χ0) is 18.6. The van der Waals surface area contributed by atoms with Crippen LogP contribution in [0, 0.1) is 6.92 Å². The van der Waals surface area contributed by atoms with Crippen molar-refractivity contribution in [1.29, 1.82) is 0 Å². The van der Waals surface area contributed by atoms with E-state index in [4.69, 9.17) is 0 Å². The van der Waals surface area contributed by atoms with Gasteiger partial charge in [-0.25, -0.2) is 4.98 Å². The molecule has 140 valence electrons. The minimum atomic E-state index is -0.104. The molecule has 1 amide bonds. The number of aromatic nitrogens is 2. The summed E-state index contributed by atoms with van der Waals surface area (Å²) in [6.45, 7) is 5.71. The fourth-order valence-corrected chi connectivity index (χ4v) is 3.87. The first-order valence-corrected chi connectivity index (χ1v) is 9.70. The van der Waals surface area contributed by atoms with Crippen LogP contribution < -0.4 is 5.32 Å². The second kappa shape index (κ2) is 7.92. The van der Waals surface area contributed by atoms with E-state index in [0.29, 0.717) is 18.2 Å². The predicted molar refractivity (Wildman–Crippen MR) is 107 cm³/mol. The number of fused-ring (bicyclic) bond motifs is 1. The lowest BCUT2D eigenvalue weighted by Gasteiger charge is -2.33. The SMILES string of the molecule is Cc1ccn2cc(C(=O)NCCN3CCC[C@@H](c4ccccc4)C3)nc2c1. The number of pyridine rings is 1. The molecule has 1 atom stereocenters. The lowest BCUT2D eigenvalue weighted by atomic mass is 9.91. The highest BCUT2D eigenvalue weighted by Crippen LogP contribution is 2.26. The fourth-order valence-electron chi connectivity index (χ4n) is 3.87. The summed E-state index contributed by atoms with van der Waals surface area (Å²) < 4.78 is 1.89. The van der Waals surface area contributed by atoms with Crippen LogP contribution in [0.15, 0.2) is 54.9 Å². The Kier molecular flexibility index (Phi) is 5.21. The fraction of sp³-hybridized carbons (Fsp3) is 0.364. The van der Waals surface area contributed by atoms with Crippen molar-refractivity contribution in [3.8, 4) is 0 Å². The van der Waals surface area contributed by atoms with Gasteiger partial charge in [-0.3, -0.25) is 4.79 Å². The summed E-state index contributed by atoms with van der Waals surface area (Å²) in [4.78, 5) is 19.3. The maximum atomic E-state index is 12.4. The molecule has 1 N–H and O–H groups in total. The summed E-state index contributed by atoms with van der Waals surface area (Å²) in [5.74, 6) is 0.491. The number of rotatable bonds is 5. The van der Waals surface area contributed by atoms with E-state index in [1.54, 1.807) is 6.20 Å². The van der Waals surface area contributed by atoms with Gasteiger partial charge in [0.2, 0.25) is 0 Å². The van der Waals surface area contributed by atoms with Gasteiger partial charge in [-0.05, 0) is 55.5 Å². The van der Waals surface area contributed by atoms with E-state index in [2.05, 4.69) is 45.5 Å². The Bertz CT molecular complexity index is 918. The van der Waals surface area contributed by atoms with Crippen molar-refractivity contribution in [2.24, 2.45) is 0 Å². The van der Waals surface area contributed by atoms with E-state index in [1.807, 2.05) is 29.7 Å². The lowest BCUT2D eigenvalue weighted by molar-refractivity contribution is 0.0941. The summed E-state index contributed by atoms with van der Waals surface area (Å²) in [7, 11) is 0. The number of carbonyl (C=O) groups is 1. The number of likely N-dealkylation sites (tertiary alicyclic amines) is 1. The predicted octanol–water partition coefficient (Wildman–Crippen LogP) is 3.25. The molecule has 3 aromatic rings. The van der Waals surface area contributed by atoms with Crippen LogP contribution in [0.5, 0.6) is 0 Å². The molecule has 0 bridgehead atoms. The van der Waals surface area contributed by atoms with E-state index in [1.165, 1.54) is 18.4 Å². The minimum Gasteiger partial charge on any atom is -0.349 e. The number of imidazole rings is 1. The van der Waals surface area contributed by atoms with Gasteiger partial charge in [0.15, 0.2) is 0 Å². The second-order valence-electron chi connectivity index (χ2n) is 7.40. The van der Waals surface area contributed by atoms with Crippen LogP contribution in [-0.2, 0) is 0 Å². The molecule has 1 aliphatic rings. The molecule has 5 heteroatoms. The number of benzene rings is 1. The molecule has 0 spiro atoms. The van der Waals surface area contributed by atoms with Gasteiger partial charge in [0.1, 0.15) is 11.3 Å². The van der Waals surface area contributed by atoms with Crippen molar-refractivity contribution in [1.82, 2.24) is 19.6 Å². The smallest absolute Gasteiger partial charge is 0.271 e. The number of hydrogen-bond donors (Lipinski definition) is 1. The molecule has 3 heterocycles. The zero-order valence-corrected chi connectivity index (χ0v) is 15.8. The molecule has 1 fully saturated rings. The first-order valence-electron chi connectivity index (χ1n) is 9.70. The van der Waals surface area contributed by atoms with Crippen molar-refractivity contribution < 1.29 is 4.79 Å². The monoisotopic (exact) mass is 362 g/mol. The third kappa shape index (κ3) is 4.19. The minimum absolute atomic E-state index is 0.104. The van der Waals surface area contributed by atoms with Crippen LogP contribution in [0.4, 0.5) is 0 Å². The molecule has 5 nitrogen and oxygen atoms in total. The molecule has 1 aliphatic heterocycles. The van der Waals surface area contributed by atoms with Crippen LogP contribution in [0.1, 0.15) is 40.4 Å². The van der Waals surface area contributed by atoms with Crippen molar-refractivity contribution >= 4 is 11.6 Å². The van der Waals surface area contributed by atoms with Gasteiger partial charge in [0, 0.05) is 32.0 Å². The van der Waals surface area contributed by atoms with Crippen LogP contribution in [-0.4, -0.2) is 46.4 Å². The zero-order valence-electron chi connectivity index (χ0n) is 15.8. The van der Waals surface area contributed by atoms with Crippen molar-refractivity contribution in [2.45, 2.75) is 25.7 Å². The lowest BCUT2D eigenvalue weighted by Crippen LogP contribution is -2.40. The summed E-state index contributed by atoms with van der Waals surface area (Å²) >= 11 is 0. The van der Waals surface area contributed by atoms with E-state index < -0.39 is 0 Å². The normalized spacial score (nSPS) is 17.9. The van der Waals surface area contributed by atoms with E-state index >= 15 is 0 Å². The molecular weight excluding hydrogens is 336 g/mol. The largest absolute Gasteiger partial charge is 0.349 e. The molecule has 0 radical (unpaired) electrons.